The molecule has 3 aliphatic rings. The van der Waals surface area contributed by atoms with Gasteiger partial charge in [-0.15, -0.1) is 0 Å². The lowest BCUT2D eigenvalue weighted by Crippen LogP contribution is -2.47. The molecule has 2 fully saturated rings. The molecule has 98 valence electrons. The summed E-state index contributed by atoms with van der Waals surface area (Å²) in [7, 11) is 0. The second-order valence-corrected chi connectivity index (χ2v) is 5.68. The van der Waals surface area contributed by atoms with Crippen molar-refractivity contribution in [2.24, 2.45) is 16.9 Å². The van der Waals surface area contributed by atoms with Gasteiger partial charge < -0.3 is 4.74 Å². The zero-order chi connectivity index (χ0) is 13.0. The first-order chi connectivity index (χ1) is 9.24. The van der Waals surface area contributed by atoms with Gasteiger partial charge in [0.15, 0.2) is 0 Å². The minimum atomic E-state index is -0.0486. The molecule has 0 aliphatic carbocycles. The SMILES string of the molecule is Cc1ccc(C2=NNC(=O)[C@H]3[C@@H]2[C@@H]2CC[C@H]3O2)cc1. The first-order valence-electron chi connectivity index (χ1n) is 6.84. The highest BCUT2D eigenvalue weighted by Crippen LogP contribution is 2.46. The van der Waals surface area contributed by atoms with Gasteiger partial charge in [0, 0.05) is 5.92 Å². The lowest BCUT2D eigenvalue weighted by molar-refractivity contribution is -0.127. The summed E-state index contributed by atoms with van der Waals surface area (Å²) in [6.45, 7) is 2.07. The Morgan fingerprint density at radius 1 is 1.16 bits per heavy atom. The molecule has 1 N–H and O–H groups in total. The Balaban J connectivity index is 1.76. The van der Waals surface area contributed by atoms with Crippen LogP contribution in [0.15, 0.2) is 29.4 Å². The molecule has 1 aromatic rings. The molecule has 1 aromatic carbocycles. The Morgan fingerprint density at radius 3 is 2.58 bits per heavy atom. The molecule has 0 aromatic heterocycles. The number of fused-ring (bicyclic) bond motifs is 5. The van der Waals surface area contributed by atoms with E-state index in [9.17, 15) is 4.79 Å². The number of carbonyl (C=O) groups is 1. The van der Waals surface area contributed by atoms with Crippen LogP contribution in [0, 0.1) is 18.8 Å². The average molecular weight is 256 g/mol. The number of hydrogen-bond donors (Lipinski definition) is 1. The molecule has 19 heavy (non-hydrogen) atoms. The summed E-state index contributed by atoms with van der Waals surface area (Å²) in [5.41, 5.74) is 5.97. The molecule has 4 nitrogen and oxygen atoms in total. The number of nitrogens with one attached hydrogen (secondary N) is 1. The second-order valence-electron chi connectivity index (χ2n) is 5.68. The van der Waals surface area contributed by atoms with E-state index in [1.165, 1.54) is 5.56 Å². The van der Waals surface area contributed by atoms with Crippen LogP contribution in [0.2, 0.25) is 0 Å². The largest absolute Gasteiger partial charge is 0.373 e. The summed E-state index contributed by atoms with van der Waals surface area (Å²) >= 11 is 0. The van der Waals surface area contributed by atoms with Crippen LogP contribution in [0.25, 0.3) is 0 Å². The van der Waals surface area contributed by atoms with Crippen molar-refractivity contribution in [2.45, 2.75) is 32.0 Å². The van der Waals surface area contributed by atoms with Gasteiger partial charge in [-0.05, 0) is 25.3 Å². The molecular formula is C15H16N2O2. The first kappa shape index (κ1) is 11.2. The number of hydrazone groups is 1. The molecule has 2 saturated heterocycles. The number of aryl methyl sites for hydroxylation is 1. The van der Waals surface area contributed by atoms with Crippen LogP contribution in [0.3, 0.4) is 0 Å². The highest BCUT2D eigenvalue weighted by molar-refractivity contribution is 6.07. The molecule has 3 aliphatic heterocycles. The normalized spacial score (nSPS) is 35.8. The number of carbonyl (C=O) groups excluding carboxylic acids is 1. The van der Waals surface area contributed by atoms with Crippen molar-refractivity contribution in [3.8, 4) is 0 Å². The van der Waals surface area contributed by atoms with E-state index < -0.39 is 0 Å². The Kier molecular flexibility index (Phi) is 2.30. The predicted molar refractivity (Wildman–Crippen MR) is 70.7 cm³/mol. The minimum absolute atomic E-state index is 0.0214. The number of nitrogens with zero attached hydrogens (tertiary/aromatic N) is 1. The van der Waals surface area contributed by atoms with Gasteiger partial charge >= 0.3 is 0 Å². The van der Waals surface area contributed by atoms with Crippen LogP contribution in [0.4, 0.5) is 0 Å². The molecule has 2 bridgehead atoms. The summed E-state index contributed by atoms with van der Waals surface area (Å²) in [6, 6.07) is 8.32. The summed E-state index contributed by atoms with van der Waals surface area (Å²) in [6.07, 6.45) is 2.30. The number of ether oxygens (including phenoxy) is 1. The van der Waals surface area contributed by atoms with Gasteiger partial charge in [0.05, 0.1) is 23.8 Å². The third-order valence-electron chi connectivity index (χ3n) is 4.53. The molecule has 1 amide bonds. The van der Waals surface area contributed by atoms with E-state index in [2.05, 4.69) is 41.7 Å². The quantitative estimate of drug-likeness (QED) is 0.830. The van der Waals surface area contributed by atoms with Gasteiger partial charge in [-0.3, -0.25) is 4.79 Å². The minimum Gasteiger partial charge on any atom is -0.373 e. The van der Waals surface area contributed by atoms with E-state index in [0.29, 0.717) is 0 Å². The third kappa shape index (κ3) is 1.56. The van der Waals surface area contributed by atoms with Crippen molar-refractivity contribution in [1.29, 1.82) is 0 Å². The monoisotopic (exact) mass is 256 g/mol. The summed E-state index contributed by atoms with van der Waals surface area (Å²) in [5, 5.41) is 4.31. The number of rotatable bonds is 1. The van der Waals surface area contributed by atoms with Crippen LogP contribution < -0.4 is 5.43 Å². The molecule has 0 unspecified atom stereocenters. The van der Waals surface area contributed by atoms with Crippen molar-refractivity contribution in [1.82, 2.24) is 5.43 Å². The zero-order valence-electron chi connectivity index (χ0n) is 10.8. The molecular weight excluding hydrogens is 240 g/mol. The Labute approximate surface area is 111 Å². The van der Waals surface area contributed by atoms with E-state index in [0.717, 1.165) is 24.1 Å². The highest BCUT2D eigenvalue weighted by atomic mass is 16.5. The van der Waals surface area contributed by atoms with Crippen molar-refractivity contribution in [2.75, 3.05) is 0 Å². The van der Waals surface area contributed by atoms with Gasteiger partial charge in [-0.25, -0.2) is 5.43 Å². The standard InChI is InChI=1S/C15H16N2O2/c1-8-2-4-9(5-3-8)14-12-10-6-7-11(19-10)13(12)15(18)17-16-14/h2-5,10-13H,6-7H2,1H3,(H,17,18)/t10-,11+,12-,13+/m0/s1. The molecule has 4 atom stereocenters. The summed E-state index contributed by atoms with van der Waals surface area (Å²) in [5.74, 6) is 0.107. The maximum atomic E-state index is 12.0. The number of benzene rings is 1. The first-order valence-corrected chi connectivity index (χ1v) is 6.84. The van der Waals surface area contributed by atoms with Gasteiger partial charge in [-0.2, -0.15) is 5.10 Å². The van der Waals surface area contributed by atoms with E-state index >= 15 is 0 Å². The number of hydrogen-bond acceptors (Lipinski definition) is 3. The fourth-order valence-electron chi connectivity index (χ4n) is 3.60. The molecule has 0 saturated carbocycles. The Hall–Kier alpha value is -1.68. The fourth-order valence-corrected chi connectivity index (χ4v) is 3.60. The highest BCUT2D eigenvalue weighted by Gasteiger charge is 2.55. The summed E-state index contributed by atoms with van der Waals surface area (Å²) in [4.78, 5) is 12.0. The Morgan fingerprint density at radius 2 is 1.84 bits per heavy atom. The predicted octanol–water partition coefficient (Wildman–Crippen LogP) is 1.62. The van der Waals surface area contributed by atoms with E-state index in [4.69, 9.17) is 4.74 Å². The lowest BCUT2D eigenvalue weighted by Gasteiger charge is -2.31. The van der Waals surface area contributed by atoms with Crippen molar-refractivity contribution in [3.63, 3.8) is 0 Å². The van der Waals surface area contributed by atoms with Crippen LogP contribution >= 0.6 is 0 Å². The van der Waals surface area contributed by atoms with Gasteiger partial charge in [-0.1, -0.05) is 29.8 Å². The molecule has 4 heteroatoms. The summed E-state index contributed by atoms with van der Waals surface area (Å²) < 4.78 is 5.92. The number of amides is 1. The van der Waals surface area contributed by atoms with E-state index in [-0.39, 0.29) is 30.0 Å². The van der Waals surface area contributed by atoms with E-state index in [1.54, 1.807) is 0 Å². The smallest absolute Gasteiger partial charge is 0.246 e. The fraction of sp³-hybridized carbons (Fsp3) is 0.467. The third-order valence-corrected chi connectivity index (χ3v) is 4.53. The van der Waals surface area contributed by atoms with Gasteiger partial charge in [0.1, 0.15) is 0 Å². The van der Waals surface area contributed by atoms with E-state index in [1.807, 2.05) is 0 Å². The molecule has 0 spiro atoms. The van der Waals surface area contributed by atoms with Gasteiger partial charge in [0.25, 0.3) is 0 Å². The van der Waals surface area contributed by atoms with Crippen LogP contribution in [-0.4, -0.2) is 23.8 Å². The topological polar surface area (TPSA) is 50.7 Å². The van der Waals surface area contributed by atoms with Crippen molar-refractivity contribution >= 4 is 11.6 Å². The average Bonchev–Trinajstić information content (AvgIpc) is 3.02. The van der Waals surface area contributed by atoms with Crippen molar-refractivity contribution in [3.05, 3.63) is 35.4 Å². The van der Waals surface area contributed by atoms with Crippen LogP contribution in [0.5, 0.6) is 0 Å². The zero-order valence-corrected chi connectivity index (χ0v) is 10.8. The van der Waals surface area contributed by atoms with Crippen LogP contribution in [0.1, 0.15) is 24.0 Å². The van der Waals surface area contributed by atoms with Gasteiger partial charge in [0.2, 0.25) is 5.91 Å². The molecule has 0 radical (unpaired) electrons. The lowest BCUT2D eigenvalue weighted by atomic mass is 9.74. The maximum absolute atomic E-state index is 12.0. The van der Waals surface area contributed by atoms with Crippen molar-refractivity contribution < 1.29 is 9.53 Å². The maximum Gasteiger partial charge on any atom is 0.246 e. The van der Waals surface area contributed by atoms with Crippen LogP contribution in [-0.2, 0) is 9.53 Å². The molecule has 3 heterocycles. The Bertz CT molecular complexity index is 564. The second kappa shape index (κ2) is 3.90. The molecule has 4 rings (SSSR count).